The van der Waals surface area contributed by atoms with Crippen LogP contribution in [0.1, 0.15) is 45.1 Å². The van der Waals surface area contributed by atoms with Crippen LogP contribution in [0.2, 0.25) is 0 Å². The minimum atomic E-state index is -0.191. The van der Waals surface area contributed by atoms with Crippen LogP contribution in [0.4, 0.5) is 0 Å². The van der Waals surface area contributed by atoms with Crippen LogP contribution in [0.5, 0.6) is 5.75 Å². The quantitative estimate of drug-likeness (QED) is 0.407. The molecule has 0 fully saturated rings. The average Bonchev–Trinajstić information content (AvgIpc) is 2.38. The summed E-state index contributed by atoms with van der Waals surface area (Å²) >= 11 is 0. The van der Waals surface area contributed by atoms with Gasteiger partial charge in [-0.05, 0) is 30.9 Å². The van der Waals surface area contributed by atoms with Crippen molar-refractivity contribution >= 4 is 5.97 Å². The molecule has 0 amide bonds. The van der Waals surface area contributed by atoms with Gasteiger partial charge >= 0.3 is 5.97 Å². The van der Waals surface area contributed by atoms with Crippen LogP contribution < -0.4 is 4.74 Å². The van der Waals surface area contributed by atoms with Gasteiger partial charge in [0, 0.05) is 0 Å². The van der Waals surface area contributed by atoms with E-state index >= 15 is 0 Å². The molecule has 0 spiro atoms. The fourth-order valence-corrected chi connectivity index (χ4v) is 1.69. The van der Waals surface area contributed by atoms with Gasteiger partial charge in [0.05, 0.1) is 6.42 Å². The number of allylic oxidation sites excluding steroid dienone is 1. The predicted octanol–water partition coefficient (Wildman–Crippen LogP) is 4.29. The average molecular weight is 246 g/mol. The van der Waals surface area contributed by atoms with Crippen LogP contribution >= 0.6 is 0 Å². The molecule has 18 heavy (non-hydrogen) atoms. The number of carbonyl (C=O) groups excluding carboxylic acids is 1. The molecule has 0 N–H and O–H groups in total. The van der Waals surface area contributed by atoms with Crippen molar-refractivity contribution in [1.82, 2.24) is 0 Å². The zero-order valence-electron chi connectivity index (χ0n) is 11.3. The van der Waals surface area contributed by atoms with E-state index in [0.717, 1.165) is 31.2 Å². The molecule has 0 aliphatic rings. The summed E-state index contributed by atoms with van der Waals surface area (Å²) in [6.45, 7) is 4.20. The lowest BCUT2D eigenvalue weighted by Gasteiger charge is -2.08. The molecule has 0 unspecified atom stereocenters. The highest BCUT2D eigenvalue weighted by Crippen LogP contribution is 2.20. The summed E-state index contributed by atoms with van der Waals surface area (Å²) in [7, 11) is 0. The van der Waals surface area contributed by atoms with Crippen molar-refractivity contribution in [3.05, 3.63) is 42.0 Å². The molecule has 0 bridgehead atoms. The van der Waals surface area contributed by atoms with Gasteiger partial charge in [0.1, 0.15) is 5.75 Å². The van der Waals surface area contributed by atoms with Gasteiger partial charge in [-0.15, -0.1) is 0 Å². The Bertz CT molecular complexity index is 394. The van der Waals surface area contributed by atoms with Crippen molar-refractivity contribution in [3.63, 3.8) is 0 Å². The van der Waals surface area contributed by atoms with E-state index in [1.165, 1.54) is 0 Å². The van der Waals surface area contributed by atoms with E-state index < -0.39 is 0 Å². The Morgan fingerprint density at radius 3 is 2.72 bits per heavy atom. The molecule has 0 heterocycles. The van der Waals surface area contributed by atoms with Crippen LogP contribution in [0.25, 0.3) is 0 Å². The Hall–Kier alpha value is -1.57. The van der Waals surface area contributed by atoms with Gasteiger partial charge in [-0.25, -0.2) is 0 Å². The largest absolute Gasteiger partial charge is 0.426 e. The Labute approximate surface area is 110 Å². The molecular weight excluding hydrogens is 224 g/mol. The number of esters is 1. The highest BCUT2D eigenvalue weighted by atomic mass is 16.5. The third-order valence-electron chi connectivity index (χ3n) is 2.68. The minimum Gasteiger partial charge on any atom is -0.426 e. The number of benzene rings is 1. The maximum atomic E-state index is 11.6. The lowest BCUT2D eigenvalue weighted by Crippen LogP contribution is -2.08. The number of ether oxygens (including phenoxy) is 1. The molecule has 0 saturated heterocycles. The standard InChI is InChI=1S/C16H22O2/c1-3-5-7-13-16(17)18-15-12-9-8-11-14(15)10-6-4-2/h5,7-9,11-12H,3-4,6,10,13H2,1-2H3. The van der Waals surface area contributed by atoms with Gasteiger partial charge in [-0.2, -0.15) is 0 Å². The Balaban J connectivity index is 2.59. The summed E-state index contributed by atoms with van der Waals surface area (Å²) < 4.78 is 5.40. The molecule has 1 aromatic rings. The first kappa shape index (κ1) is 14.5. The van der Waals surface area contributed by atoms with Gasteiger partial charge < -0.3 is 4.74 Å². The van der Waals surface area contributed by atoms with Crippen LogP contribution in [0.3, 0.4) is 0 Å². The van der Waals surface area contributed by atoms with Crippen LogP contribution in [0, 0.1) is 0 Å². The summed E-state index contributed by atoms with van der Waals surface area (Å²) in [5, 5.41) is 0. The molecule has 1 aromatic carbocycles. The second kappa shape index (κ2) is 8.51. The molecule has 0 aliphatic carbocycles. The normalized spacial score (nSPS) is 10.8. The van der Waals surface area contributed by atoms with Gasteiger partial charge in [-0.3, -0.25) is 4.79 Å². The van der Waals surface area contributed by atoms with E-state index in [1.54, 1.807) is 0 Å². The van der Waals surface area contributed by atoms with Gasteiger partial charge in [-0.1, -0.05) is 50.6 Å². The molecule has 0 aromatic heterocycles. The first-order chi connectivity index (χ1) is 8.77. The highest BCUT2D eigenvalue weighted by molar-refractivity contribution is 5.74. The number of hydrogen-bond donors (Lipinski definition) is 0. The summed E-state index contributed by atoms with van der Waals surface area (Å²) in [6.07, 6.45) is 8.34. The first-order valence-electron chi connectivity index (χ1n) is 6.71. The number of carbonyl (C=O) groups is 1. The van der Waals surface area contributed by atoms with Crippen LogP contribution in [0.15, 0.2) is 36.4 Å². The summed E-state index contributed by atoms with van der Waals surface area (Å²) in [5.74, 6) is 0.518. The van der Waals surface area contributed by atoms with E-state index in [2.05, 4.69) is 6.92 Å². The van der Waals surface area contributed by atoms with Crippen molar-refractivity contribution in [2.45, 2.75) is 46.0 Å². The molecule has 0 saturated carbocycles. The molecule has 1 rings (SSSR count). The minimum absolute atomic E-state index is 0.191. The van der Waals surface area contributed by atoms with Crippen molar-refractivity contribution < 1.29 is 9.53 Å². The second-order valence-electron chi connectivity index (χ2n) is 4.27. The number of unbranched alkanes of at least 4 members (excludes halogenated alkanes) is 1. The SMILES string of the molecule is CCC=CCC(=O)Oc1ccccc1CCCC. The van der Waals surface area contributed by atoms with Crippen molar-refractivity contribution in [2.75, 3.05) is 0 Å². The predicted molar refractivity (Wildman–Crippen MR) is 74.7 cm³/mol. The second-order valence-corrected chi connectivity index (χ2v) is 4.27. The molecule has 0 radical (unpaired) electrons. The van der Waals surface area contributed by atoms with E-state index in [9.17, 15) is 4.79 Å². The number of aryl methyl sites for hydroxylation is 1. The van der Waals surface area contributed by atoms with E-state index in [-0.39, 0.29) is 5.97 Å². The monoisotopic (exact) mass is 246 g/mol. The van der Waals surface area contributed by atoms with E-state index in [1.807, 2.05) is 43.3 Å². The highest BCUT2D eigenvalue weighted by Gasteiger charge is 2.07. The number of para-hydroxylation sites is 1. The summed E-state index contributed by atoms with van der Waals surface area (Å²) in [4.78, 5) is 11.6. The van der Waals surface area contributed by atoms with E-state index in [4.69, 9.17) is 4.74 Å². The van der Waals surface area contributed by atoms with Crippen molar-refractivity contribution in [2.24, 2.45) is 0 Å². The smallest absolute Gasteiger partial charge is 0.315 e. The molecular formula is C16H22O2. The Morgan fingerprint density at radius 2 is 2.00 bits per heavy atom. The van der Waals surface area contributed by atoms with Gasteiger partial charge in [0.15, 0.2) is 0 Å². The molecule has 0 aliphatic heterocycles. The third kappa shape index (κ3) is 5.17. The first-order valence-corrected chi connectivity index (χ1v) is 6.71. The van der Waals surface area contributed by atoms with Gasteiger partial charge in [0.25, 0.3) is 0 Å². The van der Waals surface area contributed by atoms with Crippen LogP contribution in [-0.2, 0) is 11.2 Å². The third-order valence-corrected chi connectivity index (χ3v) is 2.68. The van der Waals surface area contributed by atoms with Crippen LogP contribution in [-0.4, -0.2) is 5.97 Å². The molecule has 98 valence electrons. The van der Waals surface area contributed by atoms with Crippen molar-refractivity contribution in [1.29, 1.82) is 0 Å². The molecule has 2 heteroatoms. The van der Waals surface area contributed by atoms with E-state index in [0.29, 0.717) is 12.2 Å². The fraction of sp³-hybridized carbons (Fsp3) is 0.438. The Morgan fingerprint density at radius 1 is 1.22 bits per heavy atom. The molecule has 0 atom stereocenters. The van der Waals surface area contributed by atoms with Gasteiger partial charge in [0.2, 0.25) is 0 Å². The zero-order valence-corrected chi connectivity index (χ0v) is 11.3. The summed E-state index contributed by atoms with van der Waals surface area (Å²) in [5.41, 5.74) is 1.12. The topological polar surface area (TPSA) is 26.3 Å². The lowest BCUT2D eigenvalue weighted by molar-refractivity contribution is -0.133. The lowest BCUT2D eigenvalue weighted by atomic mass is 10.1. The zero-order chi connectivity index (χ0) is 13.2. The fourth-order valence-electron chi connectivity index (χ4n) is 1.69. The maximum Gasteiger partial charge on any atom is 0.315 e. The number of rotatable bonds is 7. The van der Waals surface area contributed by atoms with Crippen molar-refractivity contribution in [3.8, 4) is 5.75 Å². The number of hydrogen-bond acceptors (Lipinski definition) is 2. The molecule has 2 nitrogen and oxygen atoms in total. The maximum absolute atomic E-state index is 11.6. The Kier molecular flexibility index (Phi) is 6.85. The summed E-state index contributed by atoms with van der Waals surface area (Å²) in [6, 6.07) is 7.78.